The molecule has 1 saturated heterocycles. The molecule has 4 nitrogen and oxygen atoms in total. The van der Waals surface area contributed by atoms with E-state index in [0.29, 0.717) is 36.4 Å². The van der Waals surface area contributed by atoms with Crippen molar-refractivity contribution in [2.45, 2.75) is 72.6 Å². The first-order valence-electron chi connectivity index (χ1n) is 10.5. The molecule has 26 heavy (non-hydrogen) atoms. The average Bonchev–Trinajstić information content (AvgIpc) is 2.94. The maximum atomic E-state index is 12.2. The van der Waals surface area contributed by atoms with Crippen molar-refractivity contribution >= 4 is 11.9 Å². The zero-order chi connectivity index (χ0) is 18.7. The van der Waals surface area contributed by atoms with Gasteiger partial charge in [-0.3, -0.25) is 9.59 Å². The molecular formula is C22H34O4. The molecule has 0 aromatic carbocycles. The lowest BCUT2D eigenvalue weighted by Crippen LogP contribution is -2.62. The highest BCUT2D eigenvalue weighted by atomic mass is 16.5. The Labute approximate surface area is 157 Å². The Morgan fingerprint density at radius 1 is 1.12 bits per heavy atom. The number of ether oxygens (including phenoxy) is 2. The van der Waals surface area contributed by atoms with Gasteiger partial charge in [-0.15, -0.1) is 0 Å². The molecule has 0 aromatic heterocycles. The summed E-state index contributed by atoms with van der Waals surface area (Å²) in [6, 6.07) is 0. The number of carbonyl (C=O) groups excluding carboxylic acids is 2. The summed E-state index contributed by atoms with van der Waals surface area (Å²) in [6.07, 6.45) is 7.99. The Morgan fingerprint density at radius 2 is 1.88 bits per heavy atom. The summed E-state index contributed by atoms with van der Waals surface area (Å²) in [7, 11) is 0. The summed E-state index contributed by atoms with van der Waals surface area (Å²) in [5.74, 6) is 1.40. The highest BCUT2D eigenvalue weighted by molar-refractivity contribution is 5.75. The second-order valence-electron chi connectivity index (χ2n) is 10.4. The first-order chi connectivity index (χ1) is 12.2. The smallest absolute Gasteiger partial charge is 0.309 e. The first-order valence-corrected chi connectivity index (χ1v) is 10.5. The number of cyclic esters (lactones) is 1. The zero-order valence-corrected chi connectivity index (χ0v) is 16.8. The van der Waals surface area contributed by atoms with Gasteiger partial charge in [0, 0.05) is 18.3 Å². The van der Waals surface area contributed by atoms with Crippen LogP contribution in [0, 0.1) is 39.9 Å². The first kappa shape index (κ1) is 18.3. The van der Waals surface area contributed by atoms with Crippen LogP contribution >= 0.6 is 0 Å². The largest absolute Gasteiger partial charge is 0.465 e. The molecule has 0 unspecified atom stereocenters. The third-order valence-corrected chi connectivity index (χ3v) is 8.91. The van der Waals surface area contributed by atoms with E-state index in [0.717, 1.165) is 19.3 Å². The van der Waals surface area contributed by atoms with Crippen LogP contribution in [0.15, 0.2) is 0 Å². The standard InChI is InChI=1S/C22H34O4/c1-14(23)26-13-22-10-5-9-20(2,3)17(22)8-11-21(4)16-12-25-19(24)15(16)6-7-18(21)22/h15-18H,5-13H2,1-4H3/t15-,16-,17+,18+,21+,22-/m1/s1. The van der Waals surface area contributed by atoms with Crippen molar-refractivity contribution in [1.29, 1.82) is 0 Å². The lowest BCUT2D eigenvalue weighted by molar-refractivity contribution is -0.202. The maximum Gasteiger partial charge on any atom is 0.309 e. The summed E-state index contributed by atoms with van der Waals surface area (Å²) in [5, 5.41) is 0. The normalized spacial score (nSPS) is 46.5. The zero-order valence-electron chi connectivity index (χ0n) is 16.8. The van der Waals surface area contributed by atoms with E-state index < -0.39 is 0 Å². The van der Waals surface area contributed by atoms with Gasteiger partial charge in [-0.05, 0) is 61.2 Å². The van der Waals surface area contributed by atoms with Crippen molar-refractivity contribution in [3.63, 3.8) is 0 Å². The van der Waals surface area contributed by atoms with Crippen molar-refractivity contribution in [3.05, 3.63) is 0 Å². The SMILES string of the molecule is CC(=O)OC[C@]12CCCC(C)(C)[C@@H]1CC[C@@]1(C)[C@@H]3COC(=O)[C@@H]3CC[C@@H]12. The van der Waals surface area contributed by atoms with Gasteiger partial charge in [0.15, 0.2) is 0 Å². The van der Waals surface area contributed by atoms with E-state index in [9.17, 15) is 9.59 Å². The van der Waals surface area contributed by atoms with Crippen LogP contribution in [0.4, 0.5) is 0 Å². The fourth-order valence-corrected chi connectivity index (χ4v) is 7.83. The fraction of sp³-hybridized carbons (Fsp3) is 0.909. The molecule has 0 radical (unpaired) electrons. The lowest BCUT2D eigenvalue weighted by atomic mass is 9.38. The Bertz CT molecular complexity index is 611. The molecule has 1 heterocycles. The average molecular weight is 363 g/mol. The van der Waals surface area contributed by atoms with E-state index in [2.05, 4.69) is 20.8 Å². The highest BCUT2D eigenvalue weighted by Gasteiger charge is 2.66. The molecule has 146 valence electrons. The van der Waals surface area contributed by atoms with Crippen LogP contribution in [-0.2, 0) is 19.1 Å². The predicted molar refractivity (Wildman–Crippen MR) is 98.2 cm³/mol. The Hall–Kier alpha value is -1.06. The van der Waals surface area contributed by atoms with Crippen molar-refractivity contribution in [1.82, 2.24) is 0 Å². The summed E-state index contributed by atoms with van der Waals surface area (Å²) < 4.78 is 11.2. The van der Waals surface area contributed by atoms with E-state index in [1.54, 1.807) is 0 Å². The molecule has 3 saturated carbocycles. The Balaban J connectivity index is 1.74. The Morgan fingerprint density at radius 3 is 2.62 bits per heavy atom. The number of hydrogen-bond donors (Lipinski definition) is 0. The lowest BCUT2D eigenvalue weighted by Gasteiger charge is -2.66. The van der Waals surface area contributed by atoms with Gasteiger partial charge in [0.1, 0.15) is 0 Å². The van der Waals surface area contributed by atoms with Crippen molar-refractivity contribution in [3.8, 4) is 0 Å². The van der Waals surface area contributed by atoms with E-state index in [1.807, 2.05) is 0 Å². The van der Waals surface area contributed by atoms with Crippen LogP contribution in [0.1, 0.15) is 72.6 Å². The molecule has 4 rings (SSSR count). The van der Waals surface area contributed by atoms with Crippen LogP contribution in [0.25, 0.3) is 0 Å². The maximum absolute atomic E-state index is 12.2. The van der Waals surface area contributed by atoms with E-state index in [1.165, 1.54) is 32.6 Å². The van der Waals surface area contributed by atoms with Crippen molar-refractivity contribution in [2.24, 2.45) is 39.9 Å². The van der Waals surface area contributed by atoms with Gasteiger partial charge < -0.3 is 9.47 Å². The van der Waals surface area contributed by atoms with Crippen LogP contribution in [0.3, 0.4) is 0 Å². The number of fused-ring (bicyclic) bond motifs is 5. The summed E-state index contributed by atoms with van der Waals surface area (Å²) in [6.45, 7) is 9.91. The third-order valence-electron chi connectivity index (χ3n) is 8.91. The van der Waals surface area contributed by atoms with Crippen molar-refractivity contribution < 1.29 is 19.1 Å². The highest BCUT2D eigenvalue weighted by Crippen LogP contribution is 2.69. The number of carbonyl (C=O) groups is 2. The molecule has 4 fully saturated rings. The molecule has 6 atom stereocenters. The van der Waals surface area contributed by atoms with Gasteiger partial charge in [0.25, 0.3) is 0 Å². The predicted octanol–water partition coefficient (Wildman–Crippen LogP) is 4.36. The molecule has 0 aromatic rings. The molecule has 0 bridgehead atoms. The molecule has 0 spiro atoms. The molecule has 4 aliphatic rings. The van der Waals surface area contributed by atoms with E-state index in [4.69, 9.17) is 9.47 Å². The third kappa shape index (κ3) is 2.46. The molecular weight excluding hydrogens is 328 g/mol. The van der Waals surface area contributed by atoms with Gasteiger partial charge in [-0.2, -0.15) is 0 Å². The monoisotopic (exact) mass is 362 g/mol. The summed E-state index contributed by atoms with van der Waals surface area (Å²) >= 11 is 0. The fourth-order valence-electron chi connectivity index (χ4n) is 7.83. The van der Waals surface area contributed by atoms with E-state index in [-0.39, 0.29) is 28.7 Å². The van der Waals surface area contributed by atoms with E-state index >= 15 is 0 Å². The van der Waals surface area contributed by atoms with Crippen LogP contribution < -0.4 is 0 Å². The number of esters is 2. The van der Waals surface area contributed by atoms with Crippen LogP contribution in [-0.4, -0.2) is 25.2 Å². The molecule has 4 heteroatoms. The second kappa shape index (κ2) is 5.97. The molecule has 0 N–H and O–H groups in total. The van der Waals surface area contributed by atoms with Gasteiger partial charge >= 0.3 is 11.9 Å². The summed E-state index contributed by atoms with van der Waals surface area (Å²) in [4.78, 5) is 23.9. The minimum atomic E-state index is -0.165. The van der Waals surface area contributed by atoms with Crippen molar-refractivity contribution in [2.75, 3.05) is 13.2 Å². The minimum absolute atomic E-state index is 0.0230. The molecule has 3 aliphatic carbocycles. The van der Waals surface area contributed by atoms with Gasteiger partial charge in [-0.25, -0.2) is 0 Å². The number of hydrogen-bond acceptors (Lipinski definition) is 4. The van der Waals surface area contributed by atoms with Gasteiger partial charge in [0.05, 0.1) is 19.1 Å². The molecule has 0 amide bonds. The quantitative estimate of drug-likeness (QED) is 0.685. The second-order valence-corrected chi connectivity index (χ2v) is 10.4. The minimum Gasteiger partial charge on any atom is -0.465 e. The van der Waals surface area contributed by atoms with Gasteiger partial charge in [0.2, 0.25) is 0 Å². The van der Waals surface area contributed by atoms with Crippen LogP contribution in [0.5, 0.6) is 0 Å². The van der Waals surface area contributed by atoms with Gasteiger partial charge in [-0.1, -0.05) is 27.2 Å². The van der Waals surface area contributed by atoms with Crippen LogP contribution in [0.2, 0.25) is 0 Å². The number of rotatable bonds is 2. The summed E-state index contributed by atoms with van der Waals surface area (Å²) in [5.41, 5.74) is 0.481. The molecule has 1 aliphatic heterocycles. The Kier molecular flexibility index (Phi) is 4.20. The topological polar surface area (TPSA) is 52.6 Å².